The van der Waals surface area contributed by atoms with Crippen LogP contribution >= 0.6 is 0 Å². The van der Waals surface area contributed by atoms with Crippen molar-refractivity contribution in [2.45, 2.75) is 122 Å². The molecule has 0 radical (unpaired) electrons. The van der Waals surface area contributed by atoms with Crippen LogP contribution in [0.2, 0.25) is 0 Å². The molecule has 3 unspecified atom stereocenters. The lowest BCUT2D eigenvalue weighted by atomic mass is 9.43. The van der Waals surface area contributed by atoms with E-state index in [0.717, 1.165) is 51.4 Å². The van der Waals surface area contributed by atoms with Gasteiger partial charge in [-0.15, -0.1) is 12.3 Å². The molecule has 12 atom stereocenters. The van der Waals surface area contributed by atoms with Crippen LogP contribution in [0.25, 0.3) is 10.4 Å². The zero-order chi connectivity index (χ0) is 32.1. The normalized spacial score (nSPS) is 39.1. The number of allylic oxidation sites excluding steroid dienone is 1. The van der Waals surface area contributed by atoms with E-state index in [4.69, 9.17) is 12.0 Å². The molecule has 5 N–H and O–H groups in total. The zero-order valence-corrected chi connectivity index (χ0v) is 26.7. The van der Waals surface area contributed by atoms with Crippen LogP contribution in [0, 0.1) is 58.7 Å². The van der Waals surface area contributed by atoms with E-state index in [1.165, 1.54) is 6.08 Å². The van der Waals surface area contributed by atoms with E-state index < -0.39 is 18.4 Å². The van der Waals surface area contributed by atoms with Crippen LogP contribution in [-0.4, -0.2) is 58.2 Å². The number of aliphatic hydroxyl groups is 3. The van der Waals surface area contributed by atoms with Gasteiger partial charge in [0.1, 0.15) is 6.17 Å². The third-order valence-electron chi connectivity index (χ3n) is 12.2. The third kappa shape index (κ3) is 7.12. The second-order valence-electron chi connectivity index (χ2n) is 14.6. The highest BCUT2D eigenvalue weighted by Crippen LogP contribution is 2.68. The standard InChI is InChI=1S/C34H53N5O5/c1-5-6-7-11-28(41)37-27(20-36-39-35)38-29(42)12-9-8-10-21(2)23-13-14-24-30-25(16-18-33(23,24)3)34(4)17-15-22(40)19-26(34)31(43)32(30)44/h1,9,12,21-27,30-32,40,43-44H,6-8,10-11,13-20H2,2-4H3,(H,37,41)(H,38,42)/t21-,22-,23-,24+,25+,26+,27?,30+,31?,32?,33-,34-/m1/s1. The first-order valence-electron chi connectivity index (χ1n) is 16.7. The molecule has 244 valence electrons. The van der Waals surface area contributed by atoms with E-state index in [1.807, 2.05) is 6.08 Å². The largest absolute Gasteiger partial charge is 0.393 e. The van der Waals surface area contributed by atoms with Crippen molar-refractivity contribution in [3.8, 4) is 12.3 Å². The number of carbonyl (C=O) groups is 2. The monoisotopic (exact) mass is 611 g/mol. The first kappa shape index (κ1) is 34.3. The van der Waals surface area contributed by atoms with Gasteiger partial charge in [-0.2, -0.15) is 0 Å². The molecule has 44 heavy (non-hydrogen) atoms. The maximum absolute atomic E-state index is 12.6. The topological polar surface area (TPSA) is 168 Å². The molecule has 0 heterocycles. The highest BCUT2D eigenvalue weighted by molar-refractivity contribution is 5.88. The molecule has 4 aliphatic rings. The third-order valence-corrected chi connectivity index (χ3v) is 12.2. The lowest BCUT2D eigenvalue weighted by Gasteiger charge is -2.63. The molecule has 2 amide bonds. The Labute approximate surface area is 262 Å². The van der Waals surface area contributed by atoms with Crippen molar-refractivity contribution < 1.29 is 24.9 Å². The highest BCUT2D eigenvalue weighted by atomic mass is 16.3. The number of rotatable bonds is 12. The number of hydrogen-bond acceptors (Lipinski definition) is 6. The summed E-state index contributed by atoms with van der Waals surface area (Å²) in [5.41, 5.74) is 8.74. The van der Waals surface area contributed by atoms with Gasteiger partial charge in [0, 0.05) is 17.8 Å². The summed E-state index contributed by atoms with van der Waals surface area (Å²) in [7, 11) is 0. The number of nitrogens with one attached hydrogen (secondary N) is 2. The van der Waals surface area contributed by atoms with Crippen LogP contribution in [0.15, 0.2) is 17.3 Å². The fourth-order valence-corrected chi connectivity index (χ4v) is 10.0. The van der Waals surface area contributed by atoms with Crippen molar-refractivity contribution in [3.05, 3.63) is 22.6 Å². The van der Waals surface area contributed by atoms with Crippen LogP contribution < -0.4 is 10.6 Å². The molecule has 0 aromatic heterocycles. The molecule has 4 saturated carbocycles. The fraction of sp³-hybridized carbons (Fsp3) is 0.824. The van der Waals surface area contributed by atoms with Crippen molar-refractivity contribution in [1.29, 1.82) is 0 Å². The van der Waals surface area contributed by atoms with E-state index >= 15 is 0 Å². The van der Waals surface area contributed by atoms with Crippen molar-refractivity contribution in [1.82, 2.24) is 10.6 Å². The number of nitrogens with zero attached hydrogens (tertiary/aromatic N) is 3. The van der Waals surface area contributed by atoms with Crippen molar-refractivity contribution in [2.75, 3.05) is 6.54 Å². The Morgan fingerprint density at radius 3 is 2.52 bits per heavy atom. The van der Waals surface area contributed by atoms with E-state index in [0.29, 0.717) is 42.9 Å². The fourth-order valence-electron chi connectivity index (χ4n) is 10.0. The first-order chi connectivity index (χ1) is 21.0. The molecule has 10 nitrogen and oxygen atoms in total. The van der Waals surface area contributed by atoms with Gasteiger partial charge in [0.15, 0.2) is 0 Å². The zero-order valence-electron chi connectivity index (χ0n) is 26.7. The van der Waals surface area contributed by atoms with Crippen molar-refractivity contribution in [3.63, 3.8) is 0 Å². The SMILES string of the molecule is C#CCCCC(=O)NC(CN=[N+]=[N-])NC(=O)C=CCC[C@@H](C)[C@H]1CC[C@H]2[C@@H]3C(O)C(O)[C@@H]4C[C@H](O)CC[C@]4(C)[C@H]3CC[C@]12C. The van der Waals surface area contributed by atoms with E-state index in [1.54, 1.807) is 0 Å². The molecule has 0 spiro atoms. The summed E-state index contributed by atoms with van der Waals surface area (Å²) < 4.78 is 0. The van der Waals surface area contributed by atoms with E-state index in [-0.39, 0.29) is 53.5 Å². The second kappa shape index (κ2) is 14.7. The van der Waals surface area contributed by atoms with Gasteiger partial charge in [0.2, 0.25) is 11.8 Å². The smallest absolute Gasteiger partial charge is 0.245 e. The molecular weight excluding hydrogens is 558 g/mol. The Kier molecular flexibility index (Phi) is 11.4. The van der Waals surface area contributed by atoms with E-state index in [9.17, 15) is 24.9 Å². The van der Waals surface area contributed by atoms with Gasteiger partial charge in [0.05, 0.1) is 24.9 Å². The van der Waals surface area contributed by atoms with Crippen LogP contribution in [0.3, 0.4) is 0 Å². The molecule has 0 aliphatic heterocycles. The second-order valence-corrected chi connectivity index (χ2v) is 14.6. The summed E-state index contributed by atoms with van der Waals surface area (Å²) in [6.07, 6.45) is 15.4. The number of terminal acetylenes is 1. The van der Waals surface area contributed by atoms with Gasteiger partial charge in [-0.05, 0) is 122 Å². The molecular formula is C34H53N5O5. The van der Waals surface area contributed by atoms with Crippen molar-refractivity contribution in [2.24, 2.45) is 51.5 Å². The Morgan fingerprint density at radius 1 is 1.07 bits per heavy atom. The number of hydrogen-bond donors (Lipinski definition) is 5. The number of unbranched alkanes of at least 4 members (excludes halogenated alkanes) is 1. The number of fused-ring (bicyclic) bond motifs is 5. The Morgan fingerprint density at radius 2 is 1.80 bits per heavy atom. The predicted octanol–water partition coefficient (Wildman–Crippen LogP) is 4.59. The van der Waals surface area contributed by atoms with Crippen LogP contribution in [-0.2, 0) is 9.59 Å². The minimum Gasteiger partial charge on any atom is -0.393 e. The number of amides is 2. The van der Waals surface area contributed by atoms with Gasteiger partial charge < -0.3 is 26.0 Å². The van der Waals surface area contributed by atoms with Gasteiger partial charge >= 0.3 is 0 Å². The Bertz CT molecular complexity index is 1150. The summed E-state index contributed by atoms with van der Waals surface area (Å²) in [5, 5.41) is 42.0. The minimum atomic E-state index is -0.796. The molecule has 0 aromatic carbocycles. The lowest BCUT2D eigenvalue weighted by Crippen LogP contribution is -2.64. The van der Waals surface area contributed by atoms with Gasteiger partial charge in [-0.1, -0.05) is 32.0 Å². The predicted molar refractivity (Wildman–Crippen MR) is 168 cm³/mol. The number of azide groups is 1. The average molecular weight is 612 g/mol. The van der Waals surface area contributed by atoms with Crippen LogP contribution in [0.5, 0.6) is 0 Å². The molecule has 4 aliphatic carbocycles. The lowest BCUT2D eigenvalue weighted by molar-refractivity contribution is -0.223. The number of aliphatic hydroxyl groups excluding tert-OH is 3. The van der Waals surface area contributed by atoms with Gasteiger partial charge in [-0.3, -0.25) is 9.59 Å². The summed E-state index contributed by atoms with van der Waals surface area (Å²) in [6, 6.07) is 0. The van der Waals surface area contributed by atoms with Gasteiger partial charge in [-0.25, -0.2) is 0 Å². The summed E-state index contributed by atoms with van der Waals surface area (Å²) in [5.74, 6) is 3.61. The quantitative estimate of drug-likeness (QED) is 0.0413. The van der Waals surface area contributed by atoms with Gasteiger partial charge in [0.25, 0.3) is 0 Å². The Hall–Kier alpha value is -2.57. The molecule has 0 bridgehead atoms. The molecule has 0 aromatic rings. The summed E-state index contributed by atoms with van der Waals surface area (Å²) in [6.45, 7) is 6.93. The molecule has 4 rings (SSSR count). The average Bonchev–Trinajstić information content (AvgIpc) is 3.34. The Balaban J connectivity index is 1.31. The summed E-state index contributed by atoms with van der Waals surface area (Å²) >= 11 is 0. The minimum absolute atomic E-state index is 0.0380. The van der Waals surface area contributed by atoms with Crippen LogP contribution in [0.1, 0.15) is 97.8 Å². The van der Waals surface area contributed by atoms with Crippen LogP contribution in [0.4, 0.5) is 0 Å². The molecule has 10 heteroatoms. The molecule has 0 saturated heterocycles. The first-order valence-corrected chi connectivity index (χ1v) is 16.7. The highest BCUT2D eigenvalue weighted by Gasteiger charge is 2.65. The number of carbonyl (C=O) groups excluding carboxylic acids is 2. The van der Waals surface area contributed by atoms with Crippen molar-refractivity contribution >= 4 is 11.8 Å². The maximum atomic E-state index is 12.6. The van der Waals surface area contributed by atoms with E-state index in [2.05, 4.69) is 47.4 Å². The summed E-state index contributed by atoms with van der Waals surface area (Å²) in [4.78, 5) is 27.4. The molecule has 4 fully saturated rings. The maximum Gasteiger partial charge on any atom is 0.245 e.